The summed E-state index contributed by atoms with van der Waals surface area (Å²) < 4.78 is 11.3. The predicted molar refractivity (Wildman–Crippen MR) is 264 cm³/mol. The highest BCUT2D eigenvalue weighted by Crippen LogP contribution is 2.31. The van der Waals surface area contributed by atoms with E-state index in [0.717, 1.165) is 25.0 Å². The van der Waals surface area contributed by atoms with E-state index in [2.05, 4.69) is 41.7 Å². The Labute approximate surface area is 416 Å². The number of anilines is 4. The van der Waals surface area contributed by atoms with Crippen molar-refractivity contribution in [3.63, 3.8) is 0 Å². The third-order valence-corrected chi connectivity index (χ3v) is 10.7. The van der Waals surface area contributed by atoms with Crippen LogP contribution >= 0.6 is 58.0 Å². The quantitative estimate of drug-likeness (QED) is 0.0314. The number of carbonyl (C=O) groups excluding carboxylic acids is 6. The summed E-state index contributed by atoms with van der Waals surface area (Å²) in [7, 11) is 0. The molecule has 0 aliphatic carbocycles. The first-order valence-electron chi connectivity index (χ1n) is 20.6. The molecule has 0 radical (unpaired) electrons. The molecule has 0 aromatic heterocycles. The Morgan fingerprint density at radius 1 is 0.529 bits per heavy atom. The van der Waals surface area contributed by atoms with Gasteiger partial charge in [-0.2, -0.15) is 20.5 Å². The molecule has 5 aromatic carbocycles. The number of nitrogens with one attached hydrogen (secondary N) is 4. The van der Waals surface area contributed by atoms with Crippen molar-refractivity contribution in [1.82, 2.24) is 0 Å². The number of benzene rings is 5. The van der Waals surface area contributed by atoms with Gasteiger partial charge in [0.2, 0.25) is 12.1 Å². The number of carbonyl (C=O) groups is 6. The van der Waals surface area contributed by atoms with Crippen LogP contribution in [0.25, 0.3) is 0 Å². The average molecular weight is 1030 g/mol. The fraction of sp³-hybridized carbons (Fsp3) is 0.234. The topological polar surface area (TPSA) is 218 Å². The number of amides is 4. The lowest BCUT2D eigenvalue weighted by Crippen LogP contribution is -2.32. The van der Waals surface area contributed by atoms with Crippen molar-refractivity contribution in [2.75, 3.05) is 34.5 Å². The maximum atomic E-state index is 13.4. The van der Waals surface area contributed by atoms with Gasteiger partial charge >= 0.3 is 0 Å². The summed E-state index contributed by atoms with van der Waals surface area (Å²) >= 11 is 30.8. The van der Waals surface area contributed by atoms with Gasteiger partial charge in [-0.15, -0.1) is 34.8 Å². The molecule has 4 N–H and O–H groups in total. The molecule has 0 saturated heterocycles. The van der Waals surface area contributed by atoms with E-state index in [0.29, 0.717) is 41.7 Å². The number of Topliss-reactive ketones (excluding diaryl/α,β-unsaturated/α-hetero) is 2. The highest BCUT2D eigenvalue weighted by atomic mass is 35.5. The Morgan fingerprint density at radius 2 is 0.971 bits per heavy atom. The first-order valence-corrected chi connectivity index (χ1v) is 22.9. The Kier molecular flexibility index (Phi) is 19.4. The zero-order valence-corrected chi connectivity index (χ0v) is 40.6. The number of halogens is 5. The average Bonchev–Trinajstić information content (AvgIpc) is 3.30. The maximum Gasteiger partial charge on any atom is 0.258 e. The van der Waals surface area contributed by atoms with E-state index in [1.54, 1.807) is 50.2 Å². The number of nitrogens with zero attached hydrogens (tertiary/aromatic N) is 4. The lowest BCUT2D eigenvalue weighted by Gasteiger charge is -2.15. The molecule has 354 valence electrons. The molecule has 0 spiro atoms. The van der Waals surface area contributed by atoms with Crippen LogP contribution in [0.4, 0.5) is 34.1 Å². The smallest absolute Gasteiger partial charge is 0.258 e. The van der Waals surface area contributed by atoms with Crippen LogP contribution in [0.5, 0.6) is 11.5 Å². The Hall–Kier alpha value is -6.43. The number of ketones is 2. The minimum absolute atomic E-state index is 0.0801. The van der Waals surface area contributed by atoms with Gasteiger partial charge in [0.15, 0.2) is 11.6 Å². The summed E-state index contributed by atoms with van der Waals surface area (Å²) in [6.07, 6.45) is 0. The Morgan fingerprint density at radius 3 is 1.38 bits per heavy atom. The molecule has 5 aromatic rings. The van der Waals surface area contributed by atoms with Crippen LogP contribution in [0, 0.1) is 0 Å². The molecule has 2 unspecified atom stereocenters. The number of ether oxygens (including phenoxy) is 2. The van der Waals surface area contributed by atoms with Gasteiger partial charge < -0.3 is 30.7 Å². The number of hydrogen-bond donors (Lipinski definition) is 4. The van der Waals surface area contributed by atoms with Crippen LogP contribution in [0.2, 0.25) is 10.0 Å². The molecular weight excluding hydrogens is 982 g/mol. The van der Waals surface area contributed by atoms with E-state index in [1.165, 1.54) is 54.6 Å². The predicted octanol–water partition coefficient (Wildman–Crippen LogP) is 11.9. The van der Waals surface area contributed by atoms with Gasteiger partial charge in [0.05, 0.1) is 36.0 Å². The highest BCUT2D eigenvalue weighted by Gasteiger charge is 2.26. The maximum absolute atomic E-state index is 13.4. The van der Waals surface area contributed by atoms with Gasteiger partial charge in [0.1, 0.15) is 11.5 Å². The molecule has 0 bridgehead atoms. The third-order valence-electron chi connectivity index (χ3n) is 9.41. The lowest BCUT2D eigenvalue weighted by atomic mass is 10.1. The standard InChI is InChI=1S/C47H43Cl5N8O8/c1-5-67-40-13-27(22-48)7-10-38(40)55-44(63)29-15-32(51)20-35(17-29)57-59-42(25(3)61)46(65)53-34-9-12-37(31(19-34)24-50)54-47(66)43(26(4)62)60-58-36-18-30(16-33(52)21-36)45(64)56-39-11-8-28(23-49)14-41(39)68-6-2/h7-21,42-43H,5-6,22-24H2,1-4H3,(H,53,65)(H,54,66)(H,55,63)(H,56,64). The van der Waals surface area contributed by atoms with Crippen molar-refractivity contribution >= 4 is 127 Å². The lowest BCUT2D eigenvalue weighted by molar-refractivity contribution is -0.127. The minimum atomic E-state index is -1.63. The third kappa shape index (κ3) is 14.5. The molecule has 0 saturated carbocycles. The van der Waals surface area contributed by atoms with Crippen LogP contribution in [0.1, 0.15) is 65.1 Å². The second-order valence-electron chi connectivity index (χ2n) is 14.5. The Bertz CT molecular complexity index is 2790. The van der Waals surface area contributed by atoms with Crippen LogP contribution < -0.4 is 30.7 Å². The zero-order chi connectivity index (χ0) is 49.5. The van der Waals surface area contributed by atoms with Crippen LogP contribution in [0.15, 0.2) is 111 Å². The van der Waals surface area contributed by atoms with E-state index < -0.39 is 47.3 Å². The fourth-order valence-corrected chi connectivity index (χ4v) is 7.18. The molecule has 2 atom stereocenters. The second-order valence-corrected chi connectivity index (χ2v) is 16.2. The van der Waals surface area contributed by atoms with Crippen molar-refractivity contribution in [3.05, 3.63) is 129 Å². The second kappa shape index (κ2) is 25.1. The summed E-state index contributed by atoms with van der Waals surface area (Å²) in [6.45, 7) is 6.61. The van der Waals surface area contributed by atoms with Crippen molar-refractivity contribution < 1.29 is 38.2 Å². The molecule has 68 heavy (non-hydrogen) atoms. The molecule has 21 heteroatoms. The van der Waals surface area contributed by atoms with E-state index in [1.807, 2.05) is 0 Å². The molecule has 0 aliphatic rings. The van der Waals surface area contributed by atoms with Gasteiger partial charge in [-0.1, -0.05) is 35.3 Å². The minimum Gasteiger partial charge on any atom is -0.492 e. The van der Waals surface area contributed by atoms with Crippen molar-refractivity contribution in [1.29, 1.82) is 0 Å². The summed E-state index contributed by atoms with van der Waals surface area (Å²) in [5.74, 6) is -2.91. The summed E-state index contributed by atoms with van der Waals surface area (Å²) in [4.78, 5) is 78.7. The van der Waals surface area contributed by atoms with E-state index in [9.17, 15) is 28.8 Å². The number of alkyl halides is 3. The SMILES string of the molecule is CCOc1cc(CCl)ccc1NC(=O)c1cc(Cl)cc(N=NC(C(C)=O)C(=O)Nc2ccc(NC(=O)C(N=Nc3cc(Cl)cc(C(=O)Nc4ccc(CCl)cc4OCC)c3)C(C)=O)c(CCl)c2)c1. The molecule has 0 fully saturated rings. The molecule has 5 rings (SSSR count). The molecule has 0 heterocycles. The first-order chi connectivity index (χ1) is 32.5. The van der Waals surface area contributed by atoms with Crippen molar-refractivity contribution in [2.45, 2.75) is 57.4 Å². The molecule has 0 aliphatic heterocycles. The number of azo groups is 2. The molecular formula is C47H43Cl5N8O8. The van der Waals surface area contributed by atoms with Gasteiger partial charge in [-0.05, 0) is 123 Å². The van der Waals surface area contributed by atoms with E-state index in [4.69, 9.17) is 67.5 Å². The zero-order valence-electron chi connectivity index (χ0n) is 36.8. The molecule has 16 nitrogen and oxygen atoms in total. The fourth-order valence-electron chi connectivity index (χ4n) is 6.17. The molecule has 4 amide bonds. The van der Waals surface area contributed by atoms with E-state index in [-0.39, 0.29) is 61.6 Å². The normalized spacial score (nSPS) is 12.0. The number of hydrogen-bond acceptors (Lipinski definition) is 12. The number of rotatable bonds is 21. The first kappa shape index (κ1) is 52.5. The monoisotopic (exact) mass is 1020 g/mol. The summed E-state index contributed by atoms with van der Waals surface area (Å²) in [5.41, 5.74) is 3.45. The Balaban J connectivity index is 1.26. The van der Waals surface area contributed by atoms with E-state index >= 15 is 0 Å². The summed E-state index contributed by atoms with van der Waals surface area (Å²) in [5, 5.41) is 27.1. The largest absolute Gasteiger partial charge is 0.492 e. The van der Waals surface area contributed by atoms with Gasteiger partial charge in [0.25, 0.3) is 23.6 Å². The van der Waals surface area contributed by atoms with Crippen LogP contribution in [-0.2, 0) is 36.8 Å². The van der Waals surface area contributed by atoms with Gasteiger partial charge in [0, 0.05) is 50.2 Å². The van der Waals surface area contributed by atoms with Gasteiger partial charge in [-0.25, -0.2) is 0 Å². The van der Waals surface area contributed by atoms with Crippen molar-refractivity contribution in [3.8, 4) is 11.5 Å². The van der Waals surface area contributed by atoms with Crippen LogP contribution in [0.3, 0.4) is 0 Å². The van der Waals surface area contributed by atoms with Gasteiger partial charge in [-0.3, -0.25) is 28.8 Å². The van der Waals surface area contributed by atoms with Crippen molar-refractivity contribution in [2.24, 2.45) is 20.5 Å². The highest BCUT2D eigenvalue weighted by molar-refractivity contribution is 6.32. The van der Waals surface area contributed by atoms with Crippen LogP contribution in [-0.4, -0.2) is 60.5 Å². The summed E-state index contributed by atoms with van der Waals surface area (Å²) in [6, 6.07) is 19.7.